The molecule has 6 nitrogen and oxygen atoms in total. The Labute approximate surface area is 221 Å². The van der Waals surface area contributed by atoms with Crippen LogP contribution in [0, 0.1) is 5.92 Å². The molecule has 2 amide bonds. The predicted octanol–water partition coefficient (Wildman–Crippen LogP) is 5.25. The Hall–Kier alpha value is -3.32. The molecule has 1 N–H and O–H groups in total. The highest BCUT2D eigenvalue weighted by Crippen LogP contribution is 2.19. The second-order valence-electron chi connectivity index (χ2n) is 8.96. The monoisotopic (exact) mass is 552 g/mol. The summed E-state index contributed by atoms with van der Waals surface area (Å²) in [5.74, 6) is 1.10. The molecule has 190 valence electrons. The first-order chi connectivity index (χ1) is 17.4. The summed E-state index contributed by atoms with van der Waals surface area (Å²) < 4.78 is 11.9. The van der Waals surface area contributed by atoms with E-state index in [9.17, 15) is 9.59 Å². The van der Waals surface area contributed by atoms with Crippen molar-refractivity contribution in [2.24, 2.45) is 5.92 Å². The summed E-state index contributed by atoms with van der Waals surface area (Å²) in [5, 5.41) is 3.02. The van der Waals surface area contributed by atoms with Crippen LogP contribution in [-0.2, 0) is 22.6 Å². The molecule has 3 aromatic rings. The molecule has 0 heterocycles. The van der Waals surface area contributed by atoms with Crippen molar-refractivity contribution in [3.05, 3.63) is 94.5 Å². The van der Waals surface area contributed by atoms with E-state index >= 15 is 0 Å². The molecule has 0 unspecified atom stereocenters. The lowest BCUT2D eigenvalue weighted by atomic mass is 10.0. The highest BCUT2D eigenvalue weighted by molar-refractivity contribution is 9.10. The van der Waals surface area contributed by atoms with E-state index in [1.165, 1.54) is 0 Å². The number of benzene rings is 3. The zero-order chi connectivity index (χ0) is 25.9. The van der Waals surface area contributed by atoms with Gasteiger partial charge in [-0.2, -0.15) is 0 Å². The molecule has 7 heteroatoms. The highest BCUT2D eigenvalue weighted by atomic mass is 79.9. The Balaban J connectivity index is 1.87. The number of hydrogen-bond donors (Lipinski definition) is 1. The van der Waals surface area contributed by atoms with Gasteiger partial charge in [0.1, 0.15) is 17.5 Å². The van der Waals surface area contributed by atoms with Gasteiger partial charge in [0.25, 0.3) is 5.91 Å². The van der Waals surface area contributed by atoms with E-state index in [1.807, 2.05) is 68.4 Å². The Morgan fingerprint density at radius 2 is 1.53 bits per heavy atom. The van der Waals surface area contributed by atoms with Crippen molar-refractivity contribution in [3.63, 3.8) is 0 Å². The quantitative estimate of drug-likeness (QED) is 0.333. The lowest BCUT2D eigenvalue weighted by molar-refractivity contribution is -0.142. The fourth-order valence-electron chi connectivity index (χ4n) is 3.66. The van der Waals surface area contributed by atoms with Crippen LogP contribution in [0.15, 0.2) is 83.3 Å². The van der Waals surface area contributed by atoms with Crippen LogP contribution in [0.2, 0.25) is 0 Å². The molecule has 0 radical (unpaired) electrons. The van der Waals surface area contributed by atoms with Crippen LogP contribution in [0.25, 0.3) is 0 Å². The molecular formula is C29H33BrN2O4. The second-order valence-corrected chi connectivity index (χ2v) is 9.87. The van der Waals surface area contributed by atoms with Crippen molar-refractivity contribution in [3.8, 4) is 11.5 Å². The molecule has 0 aliphatic rings. The molecule has 0 spiro atoms. The molecule has 0 saturated heterocycles. The zero-order valence-corrected chi connectivity index (χ0v) is 22.5. The third-order valence-electron chi connectivity index (χ3n) is 5.64. The maximum atomic E-state index is 13.6. The molecule has 3 rings (SSSR count). The number of carbonyl (C=O) groups is 2. The third-order valence-corrected chi connectivity index (χ3v) is 6.17. The van der Waals surface area contributed by atoms with E-state index in [0.29, 0.717) is 30.4 Å². The third kappa shape index (κ3) is 8.41. The van der Waals surface area contributed by atoms with Crippen LogP contribution in [0.1, 0.15) is 25.0 Å². The summed E-state index contributed by atoms with van der Waals surface area (Å²) in [7, 11) is 1.59. The van der Waals surface area contributed by atoms with E-state index in [-0.39, 0.29) is 25.0 Å². The van der Waals surface area contributed by atoms with E-state index in [2.05, 4.69) is 21.2 Å². The Morgan fingerprint density at radius 3 is 2.14 bits per heavy atom. The fraction of sp³-hybridized carbons (Fsp3) is 0.310. The average molecular weight is 553 g/mol. The van der Waals surface area contributed by atoms with Gasteiger partial charge >= 0.3 is 0 Å². The van der Waals surface area contributed by atoms with Crippen molar-refractivity contribution in [1.82, 2.24) is 10.2 Å². The van der Waals surface area contributed by atoms with Gasteiger partial charge in [0.15, 0.2) is 6.61 Å². The number of nitrogens with zero attached hydrogens (tertiary/aromatic N) is 1. The van der Waals surface area contributed by atoms with Gasteiger partial charge in [0.2, 0.25) is 5.91 Å². The minimum Gasteiger partial charge on any atom is -0.497 e. The molecular weight excluding hydrogens is 520 g/mol. The molecule has 3 aromatic carbocycles. The van der Waals surface area contributed by atoms with E-state index < -0.39 is 6.04 Å². The number of rotatable bonds is 12. The first-order valence-electron chi connectivity index (χ1n) is 12.0. The number of halogens is 1. The normalized spacial score (nSPS) is 11.6. The smallest absolute Gasteiger partial charge is 0.261 e. The van der Waals surface area contributed by atoms with Gasteiger partial charge in [0.05, 0.1) is 7.11 Å². The second kappa shape index (κ2) is 13.7. The maximum Gasteiger partial charge on any atom is 0.261 e. The van der Waals surface area contributed by atoms with Crippen LogP contribution >= 0.6 is 15.9 Å². The number of amides is 2. The van der Waals surface area contributed by atoms with Crippen molar-refractivity contribution in [2.75, 3.05) is 20.3 Å². The van der Waals surface area contributed by atoms with Crippen LogP contribution in [-0.4, -0.2) is 43.0 Å². The lowest BCUT2D eigenvalue weighted by Gasteiger charge is -2.31. The van der Waals surface area contributed by atoms with E-state index in [1.54, 1.807) is 36.3 Å². The topological polar surface area (TPSA) is 67.9 Å². The number of carbonyl (C=O) groups excluding carboxylic acids is 2. The molecule has 0 fully saturated rings. The van der Waals surface area contributed by atoms with E-state index in [0.717, 1.165) is 15.6 Å². The number of hydrogen-bond acceptors (Lipinski definition) is 4. The minimum absolute atomic E-state index is 0.178. The van der Waals surface area contributed by atoms with Crippen molar-refractivity contribution >= 4 is 27.7 Å². The van der Waals surface area contributed by atoms with Gasteiger partial charge in [-0.25, -0.2) is 0 Å². The molecule has 0 aromatic heterocycles. The maximum absolute atomic E-state index is 13.6. The first-order valence-corrected chi connectivity index (χ1v) is 12.8. The Kier molecular flexibility index (Phi) is 10.4. The molecule has 0 aliphatic carbocycles. The molecule has 0 aliphatic heterocycles. The van der Waals surface area contributed by atoms with Gasteiger partial charge in [-0.05, 0) is 53.4 Å². The van der Waals surface area contributed by atoms with Gasteiger partial charge in [-0.1, -0.05) is 72.2 Å². The average Bonchev–Trinajstić information content (AvgIpc) is 2.89. The predicted molar refractivity (Wildman–Crippen MR) is 145 cm³/mol. The summed E-state index contributed by atoms with van der Waals surface area (Å²) in [6, 6.07) is 23.9. The van der Waals surface area contributed by atoms with Gasteiger partial charge in [-0.15, -0.1) is 0 Å². The Morgan fingerprint density at radius 1 is 0.889 bits per heavy atom. The van der Waals surface area contributed by atoms with Crippen LogP contribution in [0.3, 0.4) is 0 Å². The standard InChI is InChI=1S/C29H33BrN2O4/c1-21(2)18-31-29(34)27(17-22-7-5-4-6-8-22)32(19-23-9-11-24(30)12-10-23)28(33)20-36-26-15-13-25(35-3)14-16-26/h4-16,21,27H,17-20H2,1-3H3,(H,31,34)/t27-/m1/s1. The van der Waals surface area contributed by atoms with E-state index in [4.69, 9.17) is 9.47 Å². The van der Waals surface area contributed by atoms with Crippen LogP contribution in [0.5, 0.6) is 11.5 Å². The minimum atomic E-state index is -0.693. The SMILES string of the molecule is COc1ccc(OCC(=O)N(Cc2ccc(Br)cc2)[C@H](Cc2ccccc2)C(=O)NCC(C)C)cc1. The molecule has 36 heavy (non-hydrogen) atoms. The lowest BCUT2D eigenvalue weighted by Crippen LogP contribution is -2.52. The fourth-order valence-corrected chi connectivity index (χ4v) is 3.93. The van der Waals surface area contributed by atoms with Crippen LogP contribution in [0.4, 0.5) is 0 Å². The van der Waals surface area contributed by atoms with Crippen molar-refractivity contribution < 1.29 is 19.1 Å². The Bertz CT molecular complexity index is 1100. The summed E-state index contributed by atoms with van der Waals surface area (Å²) in [5.41, 5.74) is 1.90. The summed E-state index contributed by atoms with van der Waals surface area (Å²) in [6.45, 7) is 4.71. The summed E-state index contributed by atoms with van der Waals surface area (Å²) >= 11 is 3.46. The van der Waals surface area contributed by atoms with Crippen LogP contribution < -0.4 is 14.8 Å². The van der Waals surface area contributed by atoms with Crippen molar-refractivity contribution in [1.29, 1.82) is 0 Å². The first kappa shape index (κ1) is 27.3. The zero-order valence-electron chi connectivity index (χ0n) is 20.9. The van der Waals surface area contributed by atoms with Crippen molar-refractivity contribution in [2.45, 2.75) is 32.9 Å². The largest absolute Gasteiger partial charge is 0.497 e. The molecule has 0 saturated carbocycles. The van der Waals surface area contributed by atoms with Gasteiger partial charge in [-0.3, -0.25) is 9.59 Å². The number of nitrogens with one attached hydrogen (secondary N) is 1. The van der Waals surface area contributed by atoms with Gasteiger partial charge < -0.3 is 19.7 Å². The molecule has 1 atom stereocenters. The van der Waals surface area contributed by atoms with Gasteiger partial charge in [0, 0.05) is 24.0 Å². The highest BCUT2D eigenvalue weighted by Gasteiger charge is 2.30. The molecule has 0 bridgehead atoms. The number of methoxy groups -OCH3 is 1. The summed E-state index contributed by atoms with van der Waals surface area (Å²) in [6.07, 6.45) is 0.398. The summed E-state index contributed by atoms with van der Waals surface area (Å²) in [4.78, 5) is 28.6. The number of ether oxygens (including phenoxy) is 2.